The van der Waals surface area contributed by atoms with Crippen LogP contribution >= 0.6 is 34.5 Å². The van der Waals surface area contributed by atoms with Gasteiger partial charge in [-0.1, -0.05) is 35.3 Å². The molecule has 0 unspecified atom stereocenters. The number of nitrogens with one attached hydrogen (secondary N) is 1. The lowest BCUT2D eigenvalue weighted by atomic mass is 10.2. The average Bonchev–Trinajstić information content (AvgIpc) is 2.91. The Balaban J connectivity index is 2.10. The van der Waals surface area contributed by atoms with Crippen LogP contribution in [-0.4, -0.2) is 28.0 Å². The number of hydrogen-bond acceptors (Lipinski definition) is 5. The third-order valence-corrected chi connectivity index (χ3v) is 6.06. The molecular weight excluding hydrogens is 381 g/mol. The van der Waals surface area contributed by atoms with E-state index in [1.165, 1.54) is 13.2 Å². The van der Waals surface area contributed by atoms with Crippen molar-refractivity contribution < 1.29 is 17.9 Å². The lowest BCUT2D eigenvalue weighted by Crippen LogP contribution is -2.27. The predicted octanol–water partition coefficient (Wildman–Crippen LogP) is 3.36. The first-order valence-electron chi connectivity index (χ1n) is 6.45. The molecule has 1 aromatic heterocycles. The summed E-state index contributed by atoms with van der Waals surface area (Å²) in [6, 6.07) is 8.35. The summed E-state index contributed by atoms with van der Waals surface area (Å²) in [6.45, 7) is 0.179. The zero-order chi connectivity index (χ0) is 17.0. The van der Waals surface area contributed by atoms with Crippen LogP contribution in [0.4, 0.5) is 0 Å². The van der Waals surface area contributed by atoms with Gasteiger partial charge in [0.15, 0.2) is 0 Å². The van der Waals surface area contributed by atoms with Crippen LogP contribution in [0.25, 0.3) is 0 Å². The second-order valence-electron chi connectivity index (χ2n) is 4.51. The molecule has 0 saturated carbocycles. The van der Waals surface area contributed by atoms with Gasteiger partial charge in [0.05, 0.1) is 11.4 Å². The van der Waals surface area contributed by atoms with E-state index >= 15 is 0 Å². The summed E-state index contributed by atoms with van der Waals surface area (Å²) >= 11 is 12.5. The number of methoxy groups -OCH3 is 1. The minimum Gasteiger partial charge on any atom is -0.465 e. The molecule has 0 radical (unpaired) electrons. The number of rotatable bonds is 6. The fraction of sp³-hybridized carbons (Fsp3) is 0.214. The maximum absolute atomic E-state index is 12.3. The van der Waals surface area contributed by atoms with E-state index in [-0.39, 0.29) is 20.7 Å². The van der Waals surface area contributed by atoms with Crippen LogP contribution in [0.15, 0.2) is 35.2 Å². The van der Waals surface area contributed by atoms with E-state index in [4.69, 9.17) is 23.2 Å². The van der Waals surface area contributed by atoms with Gasteiger partial charge in [0, 0.05) is 11.6 Å². The van der Waals surface area contributed by atoms with Crippen molar-refractivity contribution in [2.75, 3.05) is 13.7 Å². The maximum atomic E-state index is 12.3. The first-order valence-corrected chi connectivity index (χ1v) is 9.51. The molecule has 9 heteroatoms. The standard InChI is InChI=1S/C14H13Cl2NO4S2/c1-21-14(18)13-11(8-12(16)22-13)23(19,20)17-7-6-9-2-4-10(15)5-3-9/h2-5,8,17H,6-7H2,1H3. The summed E-state index contributed by atoms with van der Waals surface area (Å²) in [5, 5.41) is 0.616. The molecule has 0 aliphatic heterocycles. The van der Waals surface area contributed by atoms with Gasteiger partial charge in [-0.3, -0.25) is 0 Å². The summed E-state index contributed by atoms with van der Waals surface area (Å²) in [7, 11) is -2.67. The van der Waals surface area contributed by atoms with Crippen molar-refractivity contribution in [3.8, 4) is 0 Å². The fourth-order valence-corrected chi connectivity index (χ4v) is 4.72. The van der Waals surface area contributed by atoms with Gasteiger partial charge >= 0.3 is 5.97 Å². The molecule has 23 heavy (non-hydrogen) atoms. The Hall–Kier alpha value is -1.12. The summed E-state index contributed by atoms with van der Waals surface area (Å²) in [4.78, 5) is 11.4. The van der Waals surface area contributed by atoms with Gasteiger partial charge in [-0.05, 0) is 30.2 Å². The van der Waals surface area contributed by atoms with E-state index in [1.807, 2.05) is 12.1 Å². The summed E-state index contributed by atoms with van der Waals surface area (Å²) in [6.07, 6.45) is 0.488. The molecule has 1 heterocycles. The molecule has 2 rings (SSSR count). The van der Waals surface area contributed by atoms with Crippen LogP contribution in [0, 0.1) is 0 Å². The molecule has 0 fully saturated rings. The van der Waals surface area contributed by atoms with E-state index in [0.717, 1.165) is 16.9 Å². The lowest BCUT2D eigenvalue weighted by molar-refractivity contribution is 0.0602. The molecule has 0 spiro atoms. The van der Waals surface area contributed by atoms with E-state index in [2.05, 4.69) is 9.46 Å². The Bertz CT molecular complexity index is 801. The second-order valence-corrected chi connectivity index (χ2v) is 8.37. The number of benzene rings is 1. The number of halogens is 2. The van der Waals surface area contributed by atoms with Crippen LogP contribution in [0.2, 0.25) is 9.36 Å². The predicted molar refractivity (Wildman–Crippen MR) is 91.0 cm³/mol. The number of sulfonamides is 1. The molecule has 1 N–H and O–H groups in total. The zero-order valence-corrected chi connectivity index (χ0v) is 15.2. The largest absolute Gasteiger partial charge is 0.465 e. The summed E-state index contributed by atoms with van der Waals surface area (Å²) in [5.74, 6) is -0.736. The quantitative estimate of drug-likeness (QED) is 0.763. The Morgan fingerprint density at radius 3 is 2.52 bits per heavy atom. The van der Waals surface area contributed by atoms with Gasteiger partial charge in [0.1, 0.15) is 9.77 Å². The van der Waals surface area contributed by atoms with Gasteiger partial charge in [0.2, 0.25) is 10.0 Å². The smallest absolute Gasteiger partial charge is 0.349 e. The number of esters is 1. The zero-order valence-electron chi connectivity index (χ0n) is 12.0. The van der Waals surface area contributed by atoms with E-state index < -0.39 is 16.0 Å². The molecule has 124 valence electrons. The SMILES string of the molecule is COC(=O)c1sc(Cl)cc1S(=O)(=O)NCCc1ccc(Cl)cc1. The molecule has 0 bridgehead atoms. The Kier molecular flexibility index (Phi) is 6.05. The molecule has 0 amide bonds. The van der Waals surface area contributed by atoms with Crippen LogP contribution in [0.3, 0.4) is 0 Å². The average molecular weight is 394 g/mol. The highest BCUT2D eigenvalue weighted by atomic mass is 35.5. The minimum atomic E-state index is -3.85. The van der Waals surface area contributed by atoms with Crippen molar-refractivity contribution in [1.29, 1.82) is 0 Å². The topological polar surface area (TPSA) is 72.5 Å². The van der Waals surface area contributed by atoms with Gasteiger partial charge < -0.3 is 4.74 Å². The molecule has 0 aliphatic carbocycles. The monoisotopic (exact) mass is 393 g/mol. The van der Waals surface area contributed by atoms with Crippen molar-refractivity contribution >= 4 is 50.5 Å². The molecule has 0 atom stereocenters. The highest BCUT2D eigenvalue weighted by Crippen LogP contribution is 2.30. The van der Waals surface area contributed by atoms with Crippen LogP contribution in [-0.2, 0) is 21.2 Å². The normalized spacial score (nSPS) is 11.4. The highest BCUT2D eigenvalue weighted by Gasteiger charge is 2.26. The summed E-state index contributed by atoms with van der Waals surface area (Å²) < 4.78 is 31.9. The van der Waals surface area contributed by atoms with Crippen LogP contribution < -0.4 is 4.72 Å². The van der Waals surface area contributed by atoms with Crippen molar-refractivity contribution in [3.05, 3.63) is 50.1 Å². The molecule has 5 nitrogen and oxygen atoms in total. The first kappa shape index (κ1) is 18.2. The fourth-order valence-electron chi connectivity index (χ4n) is 1.84. The summed E-state index contributed by atoms with van der Waals surface area (Å²) in [5.41, 5.74) is 0.939. The molecule has 0 saturated heterocycles. The molecule has 1 aromatic carbocycles. The van der Waals surface area contributed by atoms with E-state index in [0.29, 0.717) is 11.4 Å². The number of carbonyl (C=O) groups excluding carboxylic acids is 1. The van der Waals surface area contributed by atoms with Crippen molar-refractivity contribution in [2.45, 2.75) is 11.3 Å². The van der Waals surface area contributed by atoms with Crippen molar-refractivity contribution in [1.82, 2.24) is 4.72 Å². The Morgan fingerprint density at radius 2 is 1.91 bits per heavy atom. The van der Waals surface area contributed by atoms with Gasteiger partial charge in [-0.2, -0.15) is 0 Å². The minimum absolute atomic E-state index is 0.0449. The number of thiophene rings is 1. The van der Waals surface area contributed by atoms with Crippen molar-refractivity contribution in [3.63, 3.8) is 0 Å². The van der Waals surface area contributed by atoms with Crippen molar-refractivity contribution in [2.24, 2.45) is 0 Å². The first-order chi connectivity index (χ1) is 10.8. The highest BCUT2D eigenvalue weighted by molar-refractivity contribution is 7.89. The van der Waals surface area contributed by atoms with E-state index in [1.54, 1.807) is 12.1 Å². The van der Waals surface area contributed by atoms with Crippen LogP contribution in [0.1, 0.15) is 15.2 Å². The Labute approximate surface area is 148 Å². The third-order valence-electron chi connectivity index (χ3n) is 2.95. The number of ether oxygens (including phenoxy) is 1. The third kappa shape index (κ3) is 4.68. The van der Waals surface area contributed by atoms with Crippen LogP contribution in [0.5, 0.6) is 0 Å². The van der Waals surface area contributed by atoms with E-state index in [9.17, 15) is 13.2 Å². The van der Waals surface area contributed by atoms with Gasteiger partial charge in [-0.25, -0.2) is 17.9 Å². The lowest BCUT2D eigenvalue weighted by Gasteiger charge is -2.07. The molecule has 2 aromatic rings. The van der Waals surface area contributed by atoms with Gasteiger partial charge in [-0.15, -0.1) is 11.3 Å². The number of hydrogen-bond donors (Lipinski definition) is 1. The maximum Gasteiger partial charge on any atom is 0.349 e. The molecular formula is C14H13Cl2NO4S2. The number of carbonyl (C=O) groups is 1. The Morgan fingerprint density at radius 1 is 1.26 bits per heavy atom. The van der Waals surface area contributed by atoms with Gasteiger partial charge in [0.25, 0.3) is 0 Å². The second kappa shape index (κ2) is 7.63. The molecule has 0 aliphatic rings.